The van der Waals surface area contributed by atoms with Crippen LogP contribution in [0.5, 0.6) is 0 Å². The van der Waals surface area contributed by atoms with E-state index in [-0.39, 0.29) is 0 Å². The third-order valence-corrected chi connectivity index (χ3v) is 3.49. The van der Waals surface area contributed by atoms with Crippen LogP contribution in [0, 0.1) is 0 Å². The van der Waals surface area contributed by atoms with E-state index in [1.807, 2.05) is 30.3 Å². The minimum atomic E-state index is -1.09. The van der Waals surface area contributed by atoms with Crippen LogP contribution in [0.1, 0.15) is 17.3 Å². The number of nitrogens with one attached hydrogen (secondary N) is 1. The van der Waals surface area contributed by atoms with Crippen molar-refractivity contribution in [3.8, 4) is 11.3 Å². The number of amides is 1. The van der Waals surface area contributed by atoms with Gasteiger partial charge in [0, 0.05) is 11.1 Å². The van der Waals surface area contributed by atoms with E-state index in [1.54, 1.807) is 18.2 Å². The zero-order valence-corrected chi connectivity index (χ0v) is 12.3. The fourth-order valence-electron chi connectivity index (χ4n) is 2.22. The van der Waals surface area contributed by atoms with Crippen LogP contribution < -0.4 is 5.32 Å². The highest BCUT2D eigenvalue weighted by Gasteiger charge is 2.17. The van der Waals surface area contributed by atoms with Crippen LogP contribution >= 0.6 is 0 Å². The molecule has 3 aromatic rings. The van der Waals surface area contributed by atoms with Gasteiger partial charge >= 0.3 is 5.97 Å². The number of carboxylic acid groups (broad SMARTS) is 1. The number of benzene rings is 2. The van der Waals surface area contributed by atoms with E-state index >= 15 is 0 Å². The number of aromatic nitrogens is 1. The maximum atomic E-state index is 12.1. The van der Waals surface area contributed by atoms with E-state index in [4.69, 9.17) is 9.63 Å². The molecule has 0 spiro atoms. The number of carbonyl (C=O) groups excluding carboxylic acids is 1. The first-order valence-electron chi connectivity index (χ1n) is 7.05. The minimum Gasteiger partial charge on any atom is -0.480 e. The third-order valence-electron chi connectivity index (χ3n) is 3.49. The quantitative estimate of drug-likeness (QED) is 0.773. The Labute approximate surface area is 131 Å². The van der Waals surface area contributed by atoms with Crippen LogP contribution in [-0.4, -0.2) is 28.2 Å². The second kappa shape index (κ2) is 5.92. The molecular weight excluding hydrogens is 296 g/mol. The Kier molecular flexibility index (Phi) is 3.80. The van der Waals surface area contributed by atoms with Gasteiger partial charge in [0.25, 0.3) is 5.91 Å². The molecule has 1 heterocycles. The molecule has 1 atom stereocenters. The van der Waals surface area contributed by atoms with Crippen molar-refractivity contribution in [2.75, 3.05) is 0 Å². The predicted molar refractivity (Wildman–Crippen MR) is 84.0 cm³/mol. The van der Waals surface area contributed by atoms with Crippen LogP contribution in [-0.2, 0) is 4.79 Å². The largest absolute Gasteiger partial charge is 0.480 e. The Hall–Kier alpha value is -3.15. The lowest BCUT2D eigenvalue weighted by Gasteiger charge is -2.09. The SMILES string of the molecule is CC(NC(=O)c1ccc2noc(-c3ccccc3)c2c1)C(=O)O. The molecule has 0 saturated carbocycles. The van der Waals surface area contributed by atoms with Gasteiger partial charge in [0.2, 0.25) is 0 Å². The number of fused-ring (bicyclic) bond motifs is 1. The standard InChI is InChI=1S/C17H14N2O4/c1-10(17(21)22)18-16(20)12-7-8-14-13(9-12)15(23-19-14)11-5-3-2-4-6-11/h2-10H,1H3,(H,18,20)(H,21,22). The van der Waals surface area contributed by atoms with E-state index in [9.17, 15) is 9.59 Å². The molecule has 3 rings (SSSR count). The highest BCUT2D eigenvalue weighted by Crippen LogP contribution is 2.29. The van der Waals surface area contributed by atoms with Crippen molar-refractivity contribution in [3.63, 3.8) is 0 Å². The maximum absolute atomic E-state index is 12.1. The summed E-state index contributed by atoms with van der Waals surface area (Å²) in [5.74, 6) is -0.974. The second-order valence-corrected chi connectivity index (χ2v) is 5.14. The summed E-state index contributed by atoms with van der Waals surface area (Å²) in [6.45, 7) is 1.41. The molecule has 0 bridgehead atoms. The number of carboxylic acids is 1. The number of hydrogen-bond donors (Lipinski definition) is 2. The van der Waals surface area contributed by atoms with Gasteiger partial charge in [0.1, 0.15) is 11.6 Å². The first-order chi connectivity index (χ1) is 11.1. The first kappa shape index (κ1) is 14.8. The topological polar surface area (TPSA) is 92.4 Å². The van der Waals surface area contributed by atoms with E-state index in [1.165, 1.54) is 6.92 Å². The zero-order valence-electron chi connectivity index (χ0n) is 12.3. The van der Waals surface area contributed by atoms with E-state index < -0.39 is 17.9 Å². The van der Waals surface area contributed by atoms with Gasteiger partial charge in [-0.3, -0.25) is 9.59 Å². The minimum absolute atomic E-state index is 0.353. The molecule has 1 unspecified atom stereocenters. The molecular formula is C17H14N2O4. The van der Waals surface area contributed by atoms with Gasteiger partial charge in [-0.05, 0) is 25.1 Å². The lowest BCUT2D eigenvalue weighted by Crippen LogP contribution is -2.38. The Morgan fingerprint density at radius 1 is 1.17 bits per heavy atom. The van der Waals surface area contributed by atoms with Gasteiger partial charge in [0.05, 0.1) is 5.39 Å². The fourth-order valence-corrected chi connectivity index (χ4v) is 2.22. The van der Waals surface area contributed by atoms with Gasteiger partial charge in [-0.25, -0.2) is 0 Å². The van der Waals surface area contributed by atoms with Gasteiger partial charge < -0.3 is 14.9 Å². The van der Waals surface area contributed by atoms with Crippen molar-refractivity contribution < 1.29 is 19.2 Å². The van der Waals surface area contributed by atoms with Gasteiger partial charge in [-0.2, -0.15) is 0 Å². The molecule has 2 N–H and O–H groups in total. The number of aliphatic carboxylic acids is 1. The number of nitrogens with zero attached hydrogens (tertiary/aromatic N) is 1. The fraction of sp³-hybridized carbons (Fsp3) is 0.118. The molecule has 0 saturated heterocycles. The lowest BCUT2D eigenvalue weighted by atomic mass is 10.1. The molecule has 0 fully saturated rings. The van der Waals surface area contributed by atoms with Crippen LogP contribution in [0.4, 0.5) is 0 Å². The highest BCUT2D eigenvalue weighted by atomic mass is 16.5. The van der Waals surface area contributed by atoms with Crippen molar-refractivity contribution in [3.05, 3.63) is 54.1 Å². The van der Waals surface area contributed by atoms with Crippen molar-refractivity contribution in [1.82, 2.24) is 10.5 Å². The Balaban J connectivity index is 1.98. The average molecular weight is 310 g/mol. The zero-order chi connectivity index (χ0) is 16.4. The summed E-state index contributed by atoms with van der Waals surface area (Å²) in [7, 11) is 0. The molecule has 0 aliphatic carbocycles. The normalized spacial score (nSPS) is 12.0. The van der Waals surface area contributed by atoms with Crippen molar-refractivity contribution >= 4 is 22.8 Å². The second-order valence-electron chi connectivity index (χ2n) is 5.14. The summed E-state index contributed by atoms with van der Waals surface area (Å²) >= 11 is 0. The Morgan fingerprint density at radius 3 is 2.61 bits per heavy atom. The van der Waals surface area contributed by atoms with Gasteiger partial charge in [-0.15, -0.1) is 0 Å². The molecule has 23 heavy (non-hydrogen) atoms. The molecule has 0 aliphatic rings. The summed E-state index contributed by atoms with van der Waals surface area (Å²) in [4.78, 5) is 23.0. The average Bonchev–Trinajstić information content (AvgIpc) is 2.98. The van der Waals surface area contributed by atoms with Crippen molar-refractivity contribution in [1.29, 1.82) is 0 Å². The van der Waals surface area contributed by atoms with E-state index in [0.717, 1.165) is 5.56 Å². The van der Waals surface area contributed by atoms with E-state index in [2.05, 4.69) is 10.5 Å². The van der Waals surface area contributed by atoms with Gasteiger partial charge in [0.15, 0.2) is 5.76 Å². The van der Waals surface area contributed by atoms with Crippen LogP contribution in [0.2, 0.25) is 0 Å². The molecule has 1 amide bonds. The van der Waals surface area contributed by atoms with E-state index in [0.29, 0.717) is 22.2 Å². The number of hydrogen-bond acceptors (Lipinski definition) is 4. The highest BCUT2D eigenvalue weighted by molar-refractivity contribution is 6.02. The number of rotatable bonds is 4. The Morgan fingerprint density at radius 2 is 1.91 bits per heavy atom. The summed E-state index contributed by atoms with van der Waals surface area (Å²) in [5, 5.41) is 16.0. The molecule has 6 nitrogen and oxygen atoms in total. The molecule has 6 heteroatoms. The molecule has 116 valence electrons. The van der Waals surface area contributed by atoms with Crippen LogP contribution in [0.3, 0.4) is 0 Å². The molecule has 1 aromatic heterocycles. The molecule has 0 radical (unpaired) electrons. The monoisotopic (exact) mass is 310 g/mol. The smallest absolute Gasteiger partial charge is 0.325 e. The predicted octanol–water partition coefficient (Wildman–Crippen LogP) is 2.70. The Bertz CT molecular complexity index is 871. The number of carbonyl (C=O) groups is 2. The lowest BCUT2D eigenvalue weighted by molar-refractivity contribution is -0.138. The first-order valence-corrected chi connectivity index (χ1v) is 7.05. The van der Waals surface area contributed by atoms with Crippen molar-refractivity contribution in [2.45, 2.75) is 13.0 Å². The summed E-state index contributed by atoms with van der Waals surface area (Å²) < 4.78 is 5.38. The summed E-state index contributed by atoms with van der Waals surface area (Å²) in [6, 6.07) is 13.4. The molecule has 0 aliphatic heterocycles. The summed E-state index contributed by atoms with van der Waals surface area (Å²) in [5.41, 5.74) is 1.84. The van der Waals surface area contributed by atoms with Crippen molar-refractivity contribution in [2.24, 2.45) is 0 Å². The van der Waals surface area contributed by atoms with Gasteiger partial charge in [-0.1, -0.05) is 35.5 Å². The molecule has 2 aromatic carbocycles. The van der Waals surface area contributed by atoms with Crippen LogP contribution in [0.25, 0.3) is 22.2 Å². The van der Waals surface area contributed by atoms with Crippen LogP contribution in [0.15, 0.2) is 53.1 Å². The third kappa shape index (κ3) is 2.91. The summed E-state index contributed by atoms with van der Waals surface area (Å²) in [6.07, 6.45) is 0. The maximum Gasteiger partial charge on any atom is 0.325 e.